The van der Waals surface area contributed by atoms with Crippen LogP contribution >= 0.6 is 0 Å². The maximum atomic E-state index is 11.3. The van der Waals surface area contributed by atoms with Crippen molar-refractivity contribution in [3.8, 4) is 17.2 Å². The lowest BCUT2D eigenvalue weighted by molar-refractivity contribution is -0.140. The summed E-state index contributed by atoms with van der Waals surface area (Å²) in [5.74, 6) is 1.05. The normalized spacial score (nSPS) is 12.1. The monoisotopic (exact) mass is 311 g/mol. The Hall–Kier alpha value is -1.95. The molecule has 0 aliphatic rings. The quantitative estimate of drug-likeness (QED) is 0.729. The van der Waals surface area contributed by atoms with E-state index in [1.54, 1.807) is 20.3 Å². The van der Waals surface area contributed by atoms with E-state index >= 15 is 0 Å². The highest BCUT2D eigenvalue weighted by molar-refractivity contribution is 5.73. The first-order valence-corrected chi connectivity index (χ1v) is 7.18. The molecular formula is C16H25NO5. The fourth-order valence-electron chi connectivity index (χ4n) is 2.28. The third-order valence-electron chi connectivity index (χ3n) is 3.33. The number of nitrogens with one attached hydrogen (secondary N) is 1. The Labute approximate surface area is 131 Å². The summed E-state index contributed by atoms with van der Waals surface area (Å²) in [5, 5.41) is 12.3. The highest BCUT2D eigenvalue weighted by atomic mass is 16.5. The van der Waals surface area contributed by atoms with E-state index in [-0.39, 0.29) is 0 Å². The summed E-state index contributed by atoms with van der Waals surface area (Å²) in [4.78, 5) is 11.3. The average Bonchev–Trinajstić information content (AvgIpc) is 2.49. The highest BCUT2D eigenvalue weighted by Gasteiger charge is 2.20. The number of carboxylic acids is 1. The van der Waals surface area contributed by atoms with Gasteiger partial charge in [-0.25, -0.2) is 0 Å². The molecule has 2 N–H and O–H groups in total. The van der Waals surface area contributed by atoms with Crippen molar-refractivity contribution in [3.63, 3.8) is 0 Å². The van der Waals surface area contributed by atoms with E-state index in [9.17, 15) is 9.90 Å². The highest BCUT2D eigenvalue weighted by Crippen LogP contribution is 2.39. The molecule has 22 heavy (non-hydrogen) atoms. The van der Waals surface area contributed by atoms with Crippen molar-refractivity contribution < 1.29 is 24.1 Å². The molecule has 0 heterocycles. The summed E-state index contributed by atoms with van der Waals surface area (Å²) in [6.07, 6.45) is 0.560. The minimum Gasteiger partial charge on any atom is -0.493 e. The van der Waals surface area contributed by atoms with Gasteiger partial charge >= 0.3 is 5.97 Å². The molecule has 0 saturated carbocycles. The number of hydrogen-bond acceptors (Lipinski definition) is 5. The van der Waals surface area contributed by atoms with Crippen molar-refractivity contribution in [2.45, 2.75) is 32.9 Å². The van der Waals surface area contributed by atoms with Crippen molar-refractivity contribution in [2.75, 3.05) is 21.3 Å². The van der Waals surface area contributed by atoms with Crippen LogP contribution in [0.15, 0.2) is 12.1 Å². The summed E-state index contributed by atoms with van der Waals surface area (Å²) in [5.41, 5.74) is 0.815. The molecule has 0 spiro atoms. The number of benzene rings is 1. The minimum atomic E-state index is -0.854. The number of carbonyl (C=O) groups is 1. The predicted molar refractivity (Wildman–Crippen MR) is 83.8 cm³/mol. The number of aliphatic carboxylic acids is 1. The standard InChI is InChI=1S/C16H25NO5/c1-10(2)8-12(16(18)19)17-9-11-6-7-13(20-3)15(22-5)14(11)21-4/h6-7,10,12,17H,8-9H2,1-5H3,(H,18,19)/t12-/m0/s1. The van der Waals surface area contributed by atoms with Gasteiger partial charge in [-0.1, -0.05) is 19.9 Å². The van der Waals surface area contributed by atoms with Crippen molar-refractivity contribution in [2.24, 2.45) is 5.92 Å². The summed E-state index contributed by atoms with van der Waals surface area (Å²) in [6.45, 7) is 4.36. The first kappa shape index (κ1) is 18.1. The van der Waals surface area contributed by atoms with Crippen LogP contribution in [0.2, 0.25) is 0 Å². The SMILES string of the molecule is COc1ccc(CN[C@@H](CC(C)C)C(=O)O)c(OC)c1OC. The lowest BCUT2D eigenvalue weighted by atomic mass is 10.0. The Morgan fingerprint density at radius 2 is 1.77 bits per heavy atom. The van der Waals surface area contributed by atoms with E-state index in [0.717, 1.165) is 5.56 Å². The van der Waals surface area contributed by atoms with Crippen molar-refractivity contribution in [3.05, 3.63) is 17.7 Å². The fourth-order valence-corrected chi connectivity index (χ4v) is 2.28. The van der Waals surface area contributed by atoms with E-state index < -0.39 is 12.0 Å². The van der Waals surface area contributed by atoms with Crippen LogP contribution in [0.3, 0.4) is 0 Å². The minimum absolute atomic E-state index is 0.292. The molecule has 0 fully saturated rings. The largest absolute Gasteiger partial charge is 0.493 e. The molecule has 6 nitrogen and oxygen atoms in total. The Bertz CT molecular complexity index is 502. The number of carboxylic acid groups (broad SMARTS) is 1. The molecule has 1 atom stereocenters. The molecule has 0 saturated heterocycles. The molecule has 124 valence electrons. The van der Waals surface area contributed by atoms with Crippen LogP contribution in [-0.2, 0) is 11.3 Å². The van der Waals surface area contributed by atoms with Crippen molar-refractivity contribution >= 4 is 5.97 Å². The van der Waals surface area contributed by atoms with E-state index in [4.69, 9.17) is 14.2 Å². The van der Waals surface area contributed by atoms with E-state index in [1.807, 2.05) is 19.9 Å². The number of hydrogen-bond donors (Lipinski definition) is 2. The van der Waals surface area contributed by atoms with Gasteiger partial charge in [0.05, 0.1) is 21.3 Å². The van der Waals surface area contributed by atoms with Crippen molar-refractivity contribution in [1.82, 2.24) is 5.32 Å². The third-order valence-corrected chi connectivity index (χ3v) is 3.33. The lowest BCUT2D eigenvalue weighted by Gasteiger charge is -2.19. The molecule has 0 bridgehead atoms. The van der Waals surface area contributed by atoms with Gasteiger partial charge in [-0.2, -0.15) is 0 Å². The molecule has 0 radical (unpaired) electrons. The maximum absolute atomic E-state index is 11.3. The molecule has 0 aliphatic heterocycles. The van der Waals surface area contributed by atoms with Gasteiger partial charge in [0.2, 0.25) is 5.75 Å². The summed E-state index contributed by atoms with van der Waals surface area (Å²) in [7, 11) is 4.64. The fraction of sp³-hybridized carbons (Fsp3) is 0.562. The second kappa shape index (κ2) is 8.48. The number of ether oxygens (including phenoxy) is 3. The summed E-state index contributed by atoms with van der Waals surface area (Å²) >= 11 is 0. The van der Waals surface area contributed by atoms with Crippen LogP contribution in [0, 0.1) is 5.92 Å². The molecule has 6 heteroatoms. The van der Waals surface area contributed by atoms with Crippen LogP contribution in [0.25, 0.3) is 0 Å². The Balaban J connectivity index is 2.95. The van der Waals surface area contributed by atoms with Crippen LogP contribution in [0.1, 0.15) is 25.8 Å². The topological polar surface area (TPSA) is 77.0 Å². The van der Waals surface area contributed by atoms with Crippen molar-refractivity contribution in [1.29, 1.82) is 0 Å². The van der Waals surface area contributed by atoms with E-state index in [2.05, 4.69) is 5.32 Å². The second-order valence-corrected chi connectivity index (χ2v) is 5.39. The van der Waals surface area contributed by atoms with Gasteiger partial charge in [0.1, 0.15) is 6.04 Å². The second-order valence-electron chi connectivity index (χ2n) is 5.39. The molecule has 1 aromatic rings. The van der Waals surface area contributed by atoms with Gasteiger partial charge in [-0.3, -0.25) is 4.79 Å². The predicted octanol–water partition coefficient (Wildman–Crippen LogP) is 2.30. The van der Waals surface area contributed by atoms with Crippen LogP contribution in [-0.4, -0.2) is 38.4 Å². The molecule has 0 aromatic heterocycles. The van der Waals surface area contributed by atoms with E-state index in [0.29, 0.717) is 36.1 Å². The van der Waals surface area contributed by atoms with Crippen LogP contribution in [0.5, 0.6) is 17.2 Å². The smallest absolute Gasteiger partial charge is 0.320 e. The molecule has 1 aromatic carbocycles. The summed E-state index contributed by atoms with van der Waals surface area (Å²) < 4.78 is 15.9. The van der Waals surface area contributed by atoms with Crippen LogP contribution in [0.4, 0.5) is 0 Å². The van der Waals surface area contributed by atoms with Crippen LogP contribution < -0.4 is 19.5 Å². The van der Waals surface area contributed by atoms with Gasteiger partial charge in [0.25, 0.3) is 0 Å². The number of methoxy groups -OCH3 is 3. The number of rotatable bonds is 9. The summed E-state index contributed by atoms with van der Waals surface area (Å²) in [6, 6.07) is 3.01. The zero-order valence-corrected chi connectivity index (χ0v) is 13.8. The van der Waals surface area contributed by atoms with Gasteiger partial charge in [-0.05, 0) is 18.4 Å². The molecule has 0 amide bonds. The Morgan fingerprint density at radius 3 is 2.23 bits per heavy atom. The van der Waals surface area contributed by atoms with Gasteiger partial charge in [0.15, 0.2) is 11.5 Å². The maximum Gasteiger partial charge on any atom is 0.320 e. The van der Waals surface area contributed by atoms with Gasteiger partial charge in [0, 0.05) is 12.1 Å². The Kier molecular flexibility index (Phi) is 6.98. The molecule has 0 unspecified atom stereocenters. The lowest BCUT2D eigenvalue weighted by Crippen LogP contribution is -2.37. The zero-order valence-electron chi connectivity index (χ0n) is 13.8. The average molecular weight is 311 g/mol. The molecule has 0 aliphatic carbocycles. The molecular weight excluding hydrogens is 286 g/mol. The first-order chi connectivity index (χ1) is 10.4. The molecule has 1 rings (SSSR count). The van der Waals surface area contributed by atoms with E-state index in [1.165, 1.54) is 7.11 Å². The third kappa shape index (κ3) is 4.53. The van der Waals surface area contributed by atoms with Gasteiger partial charge < -0.3 is 24.6 Å². The zero-order chi connectivity index (χ0) is 16.7. The first-order valence-electron chi connectivity index (χ1n) is 7.18. The Morgan fingerprint density at radius 1 is 1.14 bits per heavy atom. The van der Waals surface area contributed by atoms with Gasteiger partial charge in [-0.15, -0.1) is 0 Å².